The molecule has 0 radical (unpaired) electrons. The first-order chi connectivity index (χ1) is 15.0. The number of esters is 1. The highest BCUT2D eigenvalue weighted by molar-refractivity contribution is 6.30. The van der Waals surface area contributed by atoms with Gasteiger partial charge in [-0.25, -0.2) is 4.79 Å². The second kappa shape index (κ2) is 9.10. The molecule has 31 heavy (non-hydrogen) atoms. The zero-order valence-corrected chi connectivity index (χ0v) is 18.2. The molecule has 0 N–H and O–H groups in total. The van der Waals surface area contributed by atoms with Gasteiger partial charge in [0, 0.05) is 35.9 Å². The maximum absolute atomic E-state index is 13.5. The first kappa shape index (κ1) is 21.4. The SMILES string of the molecule is COC(=O)c1cccc2c1CCCN2C(=O)C1CCCN(C(=O)c2ccc(Cl)cc2)C1. The topological polar surface area (TPSA) is 66.9 Å². The fourth-order valence-corrected chi connectivity index (χ4v) is 4.64. The third kappa shape index (κ3) is 4.30. The van der Waals surface area contributed by atoms with Crippen LogP contribution in [0, 0.1) is 5.92 Å². The Bertz CT molecular complexity index is 1010. The lowest BCUT2D eigenvalue weighted by atomic mass is 9.92. The molecule has 6 nitrogen and oxygen atoms in total. The van der Waals surface area contributed by atoms with Crippen molar-refractivity contribution in [3.8, 4) is 0 Å². The van der Waals surface area contributed by atoms with Gasteiger partial charge in [0.1, 0.15) is 0 Å². The highest BCUT2D eigenvalue weighted by Crippen LogP contribution is 2.33. The van der Waals surface area contributed by atoms with E-state index in [9.17, 15) is 14.4 Å². The van der Waals surface area contributed by atoms with Crippen LogP contribution in [-0.2, 0) is 16.0 Å². The molecule has 0 aliphatic carbocycles. The molecule has 1 fully saturated rings. The Morgan fingerprint density at radius 2 is 1.81 bits per heavy atom. The number of likely N-dealkylation sites (tertiary alicyclic amines) is 1. The maximum Gasteiger partial charge on any atom is 0.338 e. The molecule has 0 bridgehead atoms. The Morgan fingerprint density at radius 1 is 1.03 bits per heavy atom. The summed E-state index contributed by atoms with van der Waals surface area (Å²) in [5, 5.41) is 0.582. The molecule has 2 amide bonds. The molecule has 2 aromatic carbocycles. The normalized spacial score (nSPS) is 18.3. The molecule has 2 aromatic rings. The highest BCUT2D eigenvalue weighted by Gasteiger charge is 2.34. The van der Waals surface area contributed by atoms with Crippen molar-refractivity contribution in [2.75, 3.05) is 31.6 Å². The largest absolute Gasteiger partial charge is 0.465 e. The number of methoxy groups -OCH3 is 1. The molecule has 1 atom stereocenters. The quantitative estimate of drug-likeness (QED) is 0.677. The Kier molecular flexibility index (Phi) is 6.28. The van der Waals surface area contributed by atoms with Gasteiger partial charge >= 0.3 is 5.97 Å². The third-order valence-electron chi connectivity index (χ3n) is 6.07. The number of piperidine rings is 1. The average Bonchev–Trinajstić information content (AvgIpc) is 2.82. The summed E-state index contributed by atoms with van der Waals surface area (Å²) in [5.41, 5.74) is 2.73. The van der Waals surface area contributed by atoms with Crippen LogP contribution in [0.25, 0.3) is 0 Å². The van der Waals surface area contributed by atoms with Gasteiger partial charge < -0.3 is 14.5 Å². The molecule has 162 valence electrons. The van der Waals surface area contributed by atoms with Crippen molar-refractivity contribution < 1.29 is 19.1 Å². The summed E-state index contributed by atoms with van der Waals surface area (Å²) in [7, 11) is 1.36. The first-order valence-corrected chi connectivity index (χ1v) is 10.9. The second-order valence-corrected chi connectivity index (χ2v) is 8.42. The van der Waals surface area contributed by atoms with E-state index in [1.807, 2.05) is 6.07 Å². The van der Waals surface area contributed by atoms with Crippen molar-refractivity contribution >= 4 is 35.1 Å². The number of carbonyl (C=O) groups excluding carboxylic acids is 3. The molecule has 1 saturated heterocycles. The summed E-state index contributed by atoms with van der Waals surface area (Å²) in [4.78, 5) is 42.1. The number of nitrogens with zero attached hydrogens (tertiary/aromatic N) is 2. The van der Waals surface area contributed by atoms with E-state index >= 15 is 0 Å². The van der Waals surface area contributed by atoms with Crippen molar-refractivity contribution in [3.05, 3.63) is 64.2 Å². The number of hydrogen-bond donors (Lipinski definition) is 0. The number of halogens is 1. The number of hydrogen-bond acceptors (Lipinski definition) is 4. The predicted molar refractivity (Wildman–Crippen MR) is 119 cm³/mol. The Labute approximate surface area is 186 Å². The molecular formula is C24H25ClN2O4. The monoisotopic (exact) mass is 440 g/mol. The summed E-state index contributed by atoms with van der Waals surface area (Å²) < 4.78 is 4.91. The van der Waals surface area contributed by atoms with E-state index in [0.29, 0.717) is 35.8 Å². The summed E-state index contributed by atoms with van der Waals surface area (Å²) in [5.74, 6) is -0.723. The van der Waals surface area contributed by atoms with Gasteiger partial charge in [-0.1, -0.05) is 17.7 Å². The number of anilines is 1. The third-order valence-corrected chi connectivity index (χ3v) is 6.32. The van der Waals surface area contributed by atoms with Gasteiger partial charge in [-0.15, -0.1) is 0 Å². The number of carbonyl (C=O) groups is 3. The Balaban J connectivity index is 1.53. The van der Waals surface area contributed by atoms with Crippen LogP contribution in [0.5, 0.6) is 0 Å². The van der Waals surface area contributed by atoms with Gasteiger partial charge in [0.2, 0.25) is 5.91 Å². The van der Waals surface area contributed by atoms with Crippen LogP contribution in [0.4, 0.5) is 5.69 Å². The van der Waals surface area contributed by atoms with Crippen LogP contribution >= 0.6 is 11.6 Å². The molecule has 2 heterocycles. The minimum atomic E-state index is -0.386. The van der Waals surface area contributed by atoms with E-state index in [-0.39, 0.29) is 23.7 Å². The molecule has 0 saturated carbocycles. The van der Waals surface area contributed by atoms with E-state index < -0.39 is 0 Å². The second-order valence-electron chi connectivity index (χ2n) is 7.99. The number of rotatable bonds is 3. The molecule has 2 aliphatic heterocycles. The van der Waals surface area contributed by atoms with Gasteiger partial charge in [0.15, 0.2) is 0 Å². The van der Waals surface area contributed by atoms with Crippen LogP contribution in [0.3, 0.4) is 0 Å². The Hall–Kier alpha value is -2.86. The average molecular weight is 441 g/mol. The molecular weight excluding hydrogens is 416 g/mol. The van der Waals surface area contributed by atoms with Crippen LogP contribution in [0.15, 0.2) is 42.5 Å². The number of ether oxygens (including phenoxy) is 1. The smallest absolute Gasteiger partial charge is 0.338 e. The number of fused-ring (bicyclic) bond motifs is 1. The fourth-order valence-electron chi connectivity index (χ4n) is 4.51. The van der Waals surface area contributed by atoms with Crippen LogP contribution in [-0.4, -0.2) is 49.4 Å². The van der Waals surface area contributed by atoms with E-state index in [4.69, 9.17) is 16.3 Å². The standard InChI is InChI=1S/C24H25ClN2O4/c1-31-24(30)20-6-2-8-21-19(20)7-4-14-27(21)23(29)17-5-3-13-26(15-17)22(28)16-9-11-18(25)12-10-16/h2,6,8-12,17H,3-5,7,13-15H2,1H3. The van der Waals surface area contributed by atoms with Gasteiger partial charge in [0.05, 0.1) is 18.6 Å². The van der Waals surface area contributed by atoms with Crippen molar-refractivity contribution in [1.29, 1.82) is 0 Å². The molecule has 0 spiro atoms. The van der Waals surface area contributed by atoms with Crippen LogP contribution in [0.1, 0.15) is 45.5 Å². The number of benzene rings is 2. The van der Waals surface area contributed by atoms with E-state index in [1.165, 1.54) is 7.11 Å². The molecule has 2 aliphatic rings. The summed E-state index contributed by atoms with van der Waals surface area (Å²) in [6, 6.07) is 12.2. The zero-order chi connectivity index (χ0) is 22.0. The van der Waals surface area contributed by atoms with Crippen molar-refractivity contribution in [2.24, 2.45) is 5.92 Å². The molecule has 7 heteroatoms. The van der Waals surface area contributed by atoms with Gasteiger partial charge in [-0.3, -0.25) is 9.59 Å². The van der Waals surface area contributed by atoms with E-state index in [2.05, 4.69) is 0 Å². The van der Waals surface area contributed by atoms with E-state index in [1.54, 1.807) is 46.2 Å². The summed E-state index contributed by atoms with van der Waals surface area (Å²) in [6.45, 7) is 1.63. The van der Waals surface area contributed by atoms with E-state index in [0.717, 1.165) is 36.9 Å². The fraction of sp³-hybridized carbons (Fsp3) is 0.375. The molecule has 4 rings (SSSR count). The van der Waals surface area contributed by atoms with Gasteiger partial charge in [-0.2, -0.15) is 0 Å². The van der Waals surface area contributed by atoms with Crippen molar-refractivity contribution in [2.45, 2.75) is 25.7 Å². The lowest BCUT2D eigenvalue weighted by Crippen LogP contribution is -2.48. The molecule has 1 unspecified atom stereocenters. The minimum absolute atomic E-state index is 0.0107. The first-order valence-electron chi connectivity index (χ1n) is 10.6. The maximum atomic E-state index is 13.5. The minimum Gasteiger partial charge on any atom is -0.465 e. The number of amides is 2. The van der Waals surface area contributed by atoms with Gasteiger partial charge in [-0.05, 0) is 67.6 Å². The Morgan fingerprint density at radius 3 is 2.55 bits per heavy atom. The molecule has 0 aromatic heterocycles. The lowest BCUT2D eigenvalue weighted by molar-refractivity contribution is -0.123. The predicted octanol–water partition coefficient (Wildman–Crippen LogP) is 3.96. The lowest BCUT2D eigenvalue weighted by Gasteiger charge is -2.37. The van der Waals surface area contributed by atoms with Crippen LogP contribution in [0.2, 0.25) is 5.02 Å². The summed E-state index contributed by atoms with van der Waals surface area (Å²) >= 11 is 5.93. The highest BCUT2D eigenvalue weighted by atomic mass is 35.5. The van der Waals surface area contributed by atoms with Crippen molar-refractivity contribution in [3.63, 3.8) is 0 Å². The van der Waals surface area contributed by atoms with Crippen molar-refractivity contribution in [1.82, 2.24) is 4.90 Å². The van der Waals surface area contributed by atoms with Gasteiger partial charge in [0.25, 0.3) is 5.91 Å². The summed E-state index contributed by atoms with van der Waals surface area (Å²) in [6.07, 6.45) is 3.04. The van der Waals surface area contributed by atoms with Crippen LogP contribution < -0.4 is 4.90 Å². The zero-order valence-electron chi connectivity index (χ0n) is 17.5.